The number of nitrogens with zero attached hydrogens (tertiary/aromatic N) is 2. The minimum atomic E-state index is -0.200. The molecule has 0 saturated heterocycles. The van der Waals surface area contributed by atoms with Crippen molar-refractivity contribution in [3.05, 3.63) is 42.0 Å². The molecule has 0 atom stereocenters. The van der Waals surface area contributed by atoms with Gasteiger partial charge in [0.1, 0.15) is 5.82 Å². The number of hydrogen-bond donors (Lipinski definition) is 1. The summed E-state index contributed by atoms with van der Waals surface area (Å²) in [5.74, 6) is -0.200. The first kappa shape index (κ1) is 12.4. The highest BCUT2D eigenvalue weighted by Crippen LogP contribution is 2.26. The Bertz CT molecular complexity index is 573. The van der Waals surface area contributed by atoms with Crippen molar-refractivity contribution in [2.45, 2.75) is 38.9 Å². The monoisotopic (exact) mass is 259 g/mol. The van der Waals surface area contributed by atoms with Crippen molar-refractivity contribution >= 4 is 0 Å². The molecule has 1 N–H and O–H groups in total. The fourth-order valence-corrected chi connectivity index (χ4v) is 2.19. The van der Waals surface area contributed by atoms with Crippen LogP contribution in [0.5, 0.6) is 0 Å². The maximum absolute atomic E-state index is 13.5. The molecular formula is C15H18FN3. The third kappa shape index (κ3) is 2.84. The van der Waals surface area contributed by atoms with E-state index in [1.807, 2.05) is 23.9 Å². The summed E-state index contributed by atoms with van der Waals surface area (Å²) in [5.41, 5.74) is 3.05. The van der Waals surface area contributed by atoms with Crippen LogP contribution in [0.25, 0.3) is 11.1 Å². The van der Waals surface area contributed by atoms with E-state index in [1.54, 1.807) is 12.3 Å². The van der Waals surface area contributed by atoms with Crippen molar-refractivity contribution in [3.63, 3.8) is 0 Å². The van der Waals surface area contributed by atoms with E-state index in [-0.39, 0.29) is 5.82 Å². The van der Waals surface area contributed by atoms with Crippen LogP contribution >= 0.6 is 0 Å². The Morgan fingerprint density at radius 1 is 1.42 bits per heavy atom. The molecule has 1 heterocycles. The number of rotatable bonds is 5. The first-order chi connectivity index (χ1) is 9.26. The van der Waals surface area contributed by atoms with E-state index in [0.717, 1.165) is 29.8 Å². The van der Waals surface area contributed by atoms with Gasteiger partial charge in [0, 0.05) is 30.9 Å². The average molecular weight is 259 g/mol. The van der Waals surface area contributed by atoms with Crippen molar-refractivity contribution in [2.75, 3.05) is 0 Å². The van der Waals surface area contributed by atoms with E-state index in [0.29, 0.717) is 6.04 Å². The Morgan fingerprint density at radius 2 is 2.26 bits per heavy atom. The molecule has 0 unspecified atom stereocenters. The number of aryl methyl sites for hydroxylation is 1. The molecule has 0 radical (unpaired) electrons. The molecule has 3 nitrogen and oxygen atoms in total. The smallest absolute Gasteiger partial charge is 0.123 e. The number of hydrogen-bond acceptors (Lipinski definition) is 2. The SMILES string of the molecule is CCn1cc(-c2cc(F)ccc2CNC2CC2)cn1. The highest BCUT2D eigenvalue weighted by atomic mass is 19.1. The van der Waals surface area contributed by atoms with Gasteiger partial charge in [-0.25, -0.2) is 4.39 Å². The molecule has 4 heteroatoms. The molecule has 1 aromatic carbocycles. The van der Waals surface area contributed by atoms with Crippen LogP contribution in [0.4, 0.5) is 4.39 Å². The number of halogens is 1. The molecule has 1 fully saturated rings. The fourth-order valence-electron chi connectivity index (χ4n) is 2.19. The minimum Gasteiger partial charge on any atom is -0.310 e. The lowest BCUT2D eigenvalue weighted by Crippen LogP contribution is -2.15. The van der Waals surface area contributed by atoms with Crippen LogP contribution in [0, 0.1) is 5.82 Å². The van der Waals surface area contributed by atoms with E-state index < -0.39 is 0 Å². The Hall–Kier alpha value is -1.68. The van der Waals surface area contributed by atoms with Gasteiger partial charge in [0.15, 0.2) is 0 Å². The van der Waals surface area contributed by atoms with Crippen molar-refractivity contribution in [1.82, 2.24) is 15.1 Å². The van der Waals surface area contributed by atoms with Gasteiger partial charge in [-0.1, -0.05) is 6.07 Å². The first-order valence-electron chi connectivity index (χ1n) is 6.81. The zero-order valence-electron chi connectivity index (χ0n) is 11.1. The quantitative estimate of drug-likeness (QED) is 0.894. The molecule has 1 aliphatic rings. The molecule has 1 aliphatic carbocycles. The van der Waals surface area contributed by atoms with Gasteiger partial charge >= 0.3 is 0 Å². The molecule has 19 heavy (non-hydrogen) atoms. The second-order valence-electron chi connectivity index (χ2n) is 5.04. The molecule has 0 spiro atoms. The Labute approximate surface area is 112 Å². The normalized spacial score (nSPS) is 14.8. The van der Waals surface area contributed by atoms with Gasteiger partial charge in [0.05, 0.1) is 6.20 Å². The van der Waals surface area contributed by atoms with Gasteiger partial charge in [0.2, 0.25) is 0 Å². The van der Waals surface area contributed by atoms with Crippen LogP contribution < -0.4 is 5.32 Å². The van der Waals surface area contributed by atoms with Gasteiger partial charge in [-0.15, -0.1) is 0 Å². The maximum Gasteiger partial charge on any atom is 0.123 e. The average Bonchev–Trinajstić information content (AvgIpc) is 3.13. The van der Waals surface area contributed by atoms with Gasteiger partial charge in [0.25, 0.3) is 0 Å². The molecule has 0 bridgehead atoms. The molecule has 1 aromatic heterocycles. The fraction of sp³-hybridized carbons (Fsp3) is 0.400. The summed E-state index contributed by atoms with van der Waals surface area (Å²) >= 11 is 0. The van der Waals surface area contributed by atoms with Crippen LogP contribution in [0.2, 0.25) is 0 Å². The van der Waals surface area contributed by atoms with E-state index in [2.05, 4.69) is 10.4 Å². The summed E-state index contributed by atoms with van der Waals surface area (Å²) in [6, 6.07) is 5.64. The molecule has 0 amide bonds. The number of nitrogens with one attached hydrogen (secondary N) is 1. The Morgan fingerprint density at radius 3 is 2.95 bits per heavy atom. The summed E-state index contributed by atoms with van der Waals surface area (Å²) < 4.78 is 15.3. The van der Waals surface area contributed by atoms with E-state index in [4.69, 9.17) is 0 Å². The topological polar surface area (TPSA) is 29.9 Å². The predicted molar refractivity (Wildman–Crippen MR) is 73.2 cm³/mol. The van der Waals surface area contributed by atoms with E-state index in [9.17, 15) is 4.39 Å². The van der Waals surface area contributed by atoms with Gasteiger partial charge in [-0.05, 0) is 43.0 Å². The second-order valence-corrected chi connectivity index (χ2v) is 5.04. The van der Waals surface area contributed by atoms with Crippen LogP contribution in [0.3, 0.4) is 0 Å². The van der Waals surface area contributed by atoms with Crippen molar-refractivity contribution in [2.24, 2.45) is 0 Å². The van der Waals surface area contributed by atoms with Crippen LogP contribution in [0.15, 0.2) is 30.6 Å². The number of aromatic nitrogens is 2. The molecule has 0 aliphatic heterocycles. The van der Waals surface area contributed by atoms with E-state index in [1.165, 1.54) is 18.9 Å². The summed E-state index contributed by atoms with van der Waals surface area (Å²) in [5, 5.41) is 7.74. The second kappa shape index (κ2) is 5.13. The van der Waals surface area contributed by atoms with Crippen LogP contribution in [-0.2, 0) is 13.1 Å². The van der Waals surface area contributed by atoms with Crippen molar-refractivity contribution in [3.8, 4) is 11.1 Å². The van der Waals surface area contributed by atoms with Gasteiger partial charge < -0.3 is 5.32 Å². The summed E-state index contributed by atoms with van der Waals surface area (Å²) in [4.78, 5) is 0. The minimum absolute atomic E-state index is 0.200. The maximum atomic E-state index is 13.5. The summed E-state index contributed by atoms with van der Waals surface area (Å²) in [6.45, 7) is 3.65. The lowest BCUT2D eigenvalue weighted by atomic mass is 10.0. The summed E-state index contributed by atoms with van der Waals surface area (Å²) in [6.07, 6.45) is 6.28. The highest BCUT2D eigenvalue weighted by Gasteiger charge is 2.20. The lowest BCUT2D eigenvalue weighted by molar-refractivity contribution is 0.625. The van der Waals surface area contributed by atoms with E-state index >= 15 is 0 Å². The molecule has 2 aromatic rings. The van der Waals surface area contributed by atoms with Gasteiger partial charge in [-0.2, -0.15) is 5.10 Å². The van der Waals surface area contributed by atoms with Crippen molar-refractivity contribution < 1.29 is 4.39 Å². The molecule has 100 valence electrons. The van der Waals surface area contributed by atoms with Crippen molar-refractivity contribution in [1.29, 1.82) is 0 Å². The largest absolute Gasteiger partial charge is 0.310 e. The zero-order chi connectivity index (χ0) is 13.2. The summed E-state index contributed by atoms with van der Waals surface area (Å²) in [7, 11) is 0. The predicted octanol–water partition coefficient (Wildman–Crippen LogP) is 2.96. The number of benzene rings is 1. The standard InChI is InChI=1S/C15H18FN3/c1-2-19-10-12(9-18-19)15-7-13(16)4-3-11(15)8-17-14-5-6-14/h3-4,7,9-10,14,17H,2,5-6,8H2,1H3. The third-order valence-corrected chi connectivity index (χ3v) is 3.50. The third-order valence-electron chi connectivity index (χ3n) is 3.50. The Balaban J connectivity index is 1.89. The van der Waals surface area contributed by atoms with Crippen LogP contribution in [0.1, 0.15) is 25.3 Å². The molecule has 3 rings (SSSR count). The highest BCUT2D eigenvalue weighted by molar-refractivity contribution is 5.66. The van der Waals surface area contributed by atoms with Crippen LogP contribution in [-0.4, -0.2) is 15.8 Å². The lowest BCUT2D eigenvalue weighted by Gasteiger charge is -2.09. The Kier molecular flexibility index (Phi) is 3.34. The zero-order valence-corrected chi connectivity index (χ0v) is 11.1. The van der Waals surface area contributed by atoms with Gasteiger partial charge in [-0.3, -0.25) is 4.68 Å². The first-order valence-corrected chi connectivity index (χ1v) is 6.81. The molecular weight excluding hydrogens is 241 g/mol. The molecule has 1 saturated carbocycles.